The first kappa shape index (κ1) is 15.3. The molecule has 2 heterocycles. The van der Waals surface area contributed by atoms with Gasteiger partial charge in [0.05, 0.1) is 13.2 Å². The molecule has 3 rings (SSSR count). The first-order chi connectivity index (χ1) is 11.1. The number of carboxylic acids is 1. The second kappa shape index (κ2) is 6.66. The van der Waals surface area contributed by atoms with E-state index in [2.05, 4.69) is 15.2 Å². The second-order valence-corrected chi connectivity index (χ2v) is 5.43. The van der Waals surface area contributed by atoms with Gasteiger partial charge in [0.25, 0.3) is 0 Å². The van der Waals surface area contributed by atoms with Crippen LogP contribution in [-0.2, 0) is 4.74 Å². The van der Waals surface area contributed by atoms with Crippen LogP contribution in [0.25, 0.3) is 0 Å². The summed E-state index contributed by atoms with van der Waals surface area (Å²) in [6.45, 7) is 5.09. The number of nitrogens with zero attached hydrogens (tertiary/aromatic N) is 2. The highest BCUT2D eigenvalue weighted by atomic mass is 16.5. The quantitative estimate of drug-likeness (QED) is 0.904. The lowest BCUT2D eigenvalue weighted by atomic mass is 10.2. The van der Waals surface area contributed by atoms with Crippen molar-refractivity contribution >= 4 is 23.2 Å². The lowest BCUT2D eigenvalue weighted by Gasteiger charge is -2.28. The number of rotatable bonds is 4. The maximum Gasteiger partial charge on any atom is 0.339 e. The van der Waals surface area contributed by atoms with Gasteiger partial charge in [0.1, 0.15) is 11.4 Å². The average Bonchev–Trinajstić information content (AvgIpc) is 2.56. The van der Waals surface area contributed by atoms with Crippen molar-refractivity contribution in [1.82, 2.24) is 4.98 Å². The molecule has 6 heteroatoms. The van der Waals surface area contributed by atoms with Gasteiger partial charge >= 0.3 is 5.97 Å². The molecule has 0 aliphatic carbocycles. The molecule has 120 valence electrons. The van der Waals surface area contributed by atoms with Crippen LogP contribution >= 0.6 is 0 Å². The van der Waals surface area contributed by atoms with E-state index in [9.17, 15) is 9.90 Å². The molecule has 2 aromatic rings. The van der Waals surface area contributed by atoms with Crippen molar-refractivity contribution in [3.63, 3.8) is 0 Å². The first-order valence-electron chi connectivity index (χ1n) is 7.54. The van der Waals surface area contributed by atoms with Crippen LogP contribution in [0.1, 0.15) is 16.1 Å². The molecule has 0 radical (unpaired) electrons. The van der Waals surface area contributed by atoms with Crippen LogP contribution in [0.4, 0.5) is 17.2 Å². The molecule has 0 saturated carbocycles. The summed E-state index contributed by atoms with van der Waals surface area (Å²) < 4.78 is 5.35. The van der Waals surface area contributed by atoms with Gasteiger partial charge in [-0.15, -0.1) is 0 Å². The number of nitrogens with one attached hydrogen (secondary N) is 1. The molecule has 1 aliphatic rings. The zero-order valence-electron chi connectivity index (χ0n) is 13.0. The van der Waals surface area contributed by atoms with Crippen molar-refractivity contribution in [2.45, 2.75) is 6.92 Å². The lowest BCUT2D eigenvalue weighted by Crippen LogP contribution is -2.36. The molecule has 1 aliphatic heterocycles. The van der Waals surface area contributed by atoms with Crippen LogP contribution < -0.4 is 10.2 Å². The molecule has 0 unspecified atom stereocenters. The van der Waals surface area contributed by atoms with E-state index in [1.165, 1.54) is 0 Å². The molecule has 1 aromatic carbocycles. The van der Waals surface area contributed by atoms with E-state index in [1.807, 2.05) is 31.2 Å². The highest BCUT2D eigenvalue weighted by Gasteiger charge is 2.13. The van der Waals surface area contributed by atoms with Gasteiger partial charge in [0, 0.05) is 30.2 Å². The lowest BCUT2D eigenvalue weighted by molar-refractivity contribution is 0.0697. The number of hydrogen-bond acceptors (Lipinski definition) is 5. The maximum atomic E-state index is 11.3. The van der Waals surface area contributed by atoms with Crippen LogP contribution in [0.15, 0.2) is 36.4 Å². The molecule has 0 bridgehead atoms. The summed E-state index contributed by atoms with van der Waals surface area (Å²) in [6, 6.07) is 11.2. The Hall–Kier alpha value is -2.60. The van der Waals surface area contributed by atoms with E-state index in [0.717, 1.165) is 43.4 Å². The van der Waals surface area contributed by atoms with Crippen molar-refractivity contribution in [3.8, 4) is 0 Å². The number of benzene rings is 1. The minimum atomic E-state index is -0.995. The summed E-state index contributed by atoms with van der Waals surface area (Å²) in [4.78, 5) is 17.8. The smallest absolute Gasteiger partial charge is 0.339 e. The molecular formula is C17H19N3O3. The third kappa shape index (κ3) is 3.60. The Bertz CT molecular complexity index is 695. The number of morpholine rings is 1. The molecule has 1 aromatic heterocycles. The van der Waals surface area contributed by atoms with Gasteiger partial charge in [-0.3, -0.25) is 0 Å². The third-order valence-corrected chi connectivity index (χ3v) is 3.77. The van der Waals surface area contributed by atoms with Gasteiger partial charge in [-0.05, 0) is 43.3 Å². The summed E-state index contributed by atoms with van der Waals surface area (Å²) in [5.74, 6) is -0.637. The van der Waals surface area contributed by atoms with Crippen LogP contribution in [0.3, 0.4) is 0 Å². The fourth-order valence-electron chi connectivity index (χ4n) is 2.54. The Kier molecular flexibility index (Phi) is 4.43. The molecule has 2 N–H and O–H groups in total. The Morgan fingerprint density at radius 3 is 2.52 bits per heavy atom. The highest BCUT2D eigenvalue weighted by molar-refractivity contribution is 5.94. The largest absolute Gasteiger partial charge is 0.478 e. The number of carboxylic acid groups (broad SMARTS) is 1. The van der Waals surface area contributed by atoms with E-state index < -0.39 is 5.97 Å². The van der Waals surface area contributed by atoms with Gasteiger partial charge < -0.3 is 20.1 Å². The van der Waals surface area contributed by atoms with Crippen LogP contribution in [0, 0.1) is 6.92 Å². The number of anilines is 3. The summed E-state index contributed by atoms with van der Waals surface area (Å²) in [5, 5.41) is 12.3. The van der Waals surface area contributed by atoms with Crippen LogP contribution in [-0.4, -0.2) is 42.4 Å². The van der Waals surface area contributed by atoms with Crippen LogP contribution in [0.5, 0.6) is 0 Å². The number of ether oxygens (including phenoxy) is 1. The van der Waals surface area contributed by atoms with Gasteiger partial charge in [0.2, 0.25) is 0 Å². The Labute approximate surface area is 134 Å². The van der Waals surface area contributed by atoms with E-state index in [4.69, 9.17) is 4.74 Å². The van der Waals surface area contributed by atoms with Crippen molar-refractivity contribution in [1.29, 1.82) is 0 Å². The van der Waals surface area contributed by atoms with Gasteiger partial charge in [0.15, 0.2) is 0 Å². The van der Waals surface area contributed by atoms with Crippen molar-refractivity contribution in [2.75, 3.05) is 36.5 Å². The number of aromatic nitrogens is 1. The molecule has 0 spiro atoms. The third-order valence-electron chi connectivity index (χ3n) is 3.77. The van der Waals surface area contributed by atoms with E-state index >= 15 is 0 Å². The summed E-state index contributed by atoms with van der Waals surface area (Å²) in [5.41, 5.74) is 2.87. The normalized spacial score (nSPS) is 14.6. The molecule has 23 heavy (non-hydrogen) atoms. The predicted molar refractivity (Wildman–Crippen MR) is 88.7 cm³/mol. The predicted octanol–water partition coefficient (Wildman–Crippen LogP) is 2.67. The SMILES string of the molecule is Cc1ccc(C(=O)O)c(Nc2ccc(N3CCOCC3)cc2)n1. The molecule has 0 amide bonds. The second-order valence-electron chi connectivity index (χ2n) is 5.43. The Balaban J connectivity index is 1.78. The fourth-order valence-corrected chi connectivity index (χ4v) is 2.54. The Morgan fingerprint density at radius 1 is 1.17 bits per heavy atom. The molecule has 1 saturated heterocycles. The van der Waals surface area contributed by atoms with Gasteiger partial charge in [-0.2, -0.15) is 0 Å². The summed E-state index contributed by atoms with van der Waals surface area (Å²) >= 11 is 0. The molecule has 1 fully saturated rings. The van der Waals surface area contributed by atoms with E-state index in [-0.39, 0.29) is 5.56 Å². The zero-order valence-corrected chi connectivity index (χ0v) is 13.0. The minimum Gasteiger partial charge on any atom is -0.478 e. The topological polar surface area (TPSA) is 74.7 Å². The Morgan fingerprint density at radius 2 is 1.87 bits per heavy atom. The molecule has 0 atom stereocenters. The number of hydrogen-bond donors (Lipinski definition) is 2. The standard InChI is InChI=1S/C17H19N3O3/c1-12-2-7-15(17(21)22)16(18-12)19-13-3-5-14(6-4-13)20-8-10-23-11-9-20/h2-7H,8-11H2,1H3,(H,18,19)(H,21,22). The average molecular weight is 313 g/mol. The number of pyridine rings is 1. The van der Waals surface area contributed by atoms with Crippen molar-refractivity contribution in [2.24, 2.45) is 0 Å². The first-order valence-corrected chi connectivity index (χ1v) is 7.54. The van der Waals surface area contributed by atoms with Crippen molar-refractivity contribution in [3.05, 3.63) is 47.7 Å². The minimum absolute atomic E-state index is 0.160. The van der Waals surface area contributed by atoms with Gasteiger partial charge in [-0.25, -0.2) is 9.78 Å². The van der Waals surface area contributed by atoms with Crippen molar-refractivity contribution < 1.29 is 14.6 Å². The van der Waals surface area contributed by atoms with Gasteiger partial charge in [-0.1, -0.05) is 0 Å². The van der Waals surface area contributed by atoms with Crippen LogP contribution in [0.2, 0.25) is 0 Å². The monoisotopic (exact) mass is 313 g/mol. The van der Waals surface area contributed by atoms with E-state index in [0.29, 0.717) is 5.82 Å². The molecule has 6 nitrogen and oxygen atoms in total. The summed E-state index contributed by atoms with van der Waals surface area (Å²) in [6.07, 6.45) is 0. The maximum absolute atomic E-state index is 11.3. The number of aromatic carboxylic acids is 1. The zero-order chi connectivity index (χ0) is 16.2. The number of carbonyl (C=O) groups is 1. The molecular weight excluding hydrogens is 294 g/mol. The highest BCUT2D eigenvalue weighted by Crippen LogP contribution is 2.23. The summed E-state index contributed by atoms with van der Waals surface area (Å²) in [7, 11) is 0. The van der Waals surface area contributed by atoms with E-state index in [1.54, 1.807) is 12.1 Å². The fraction of sp³-hybridized carbons (Fsp3) is 0.294. The number of aryl methyl sites for hydroxylation is 1.